The Labute approximate surface area is 179 Å². The molecule has 4 heterocycles. The Hall–Kier alpha value is -2.43. The predicted molar refractivity (Wildman–Crippen MR) is 114 cm³/mol. The molecule has 1 N–H and O–H groups in total. The number of thiazole rings is 1. The van der Waals surface area contributed by atoms with E-state index >= 15 is 0 Å². The van der Waals surface area contributed by atoms with Crippen LogP contribution in [0.5, 0.6) is 0 Å². The van der Waals surface area contributed by atoms with Crippen molar-refractivity contribution >= 4 is 27.3 Å². The summed E-state index contributed by atoms with van der Waals surface area (Å²) >= 11 is 1.31. The molecule has 30 heavy (non-hydrogen) atoms. The predicted octanol–water partition coefficient (Wildman–Crippen LogP) is 3.07. The quantitative estimate of drug-likeness (QED) is 0.625. The summed E-state index contributed by atoms with van der Waals surface area (Å²) in [5.74, 6) is 0.542. The summed E-state index contributed by atoms with van der Waals surface area (Å²) in [6.45, 7) is 5.20. The van der Waals surface area contributed by atoms with Gasteiger partial charge in [0.1, 0.15) is 20.5 Å². The van der Waals surface area contributed by atoms with Crippen molar-refractivity contribution in [1.29, 1.82) is 0 Å². The van der Waals surface area contributed by atoms with Gasteiger partial charge in [0.05, 0.1) is 24.2 Å². The third-order valence-electron chi connectivity index (χ3n) is 5.40. The summed E-state index contributed by atoms with van der Waals surface area (Å²) in [6, 6.07) is 5.03. The molecule has 1 aliphatic heterocycles. The van der Waals surface area contributed by atoms with E-state index in [2.05, 4.69) is 9.71 Å². The van der Waals surface area contributed by atoms with Gasteiger partial charge in [0.25, 0.3) is 5.91 Å². The first-order chi connectivity index (χ1) is 14.3. The molecule has 3 aromatic heterocycles. The Kier molecular flexibility index (Phi) is 5.56. The topological polar surface area (TPSA) is 97.4 Å². The van der Waals surface area contributed by atoms with Gasteiger partial charge >= 0.3 is 0 Å². The van der Waals surface area contributed by atoms with Gasteiger partial charge in [-0.25, -0.2) is 18.1 Å². The third-order valence-corrected chi connectivity index (χ3v) is 8.08. The van der Waals surface area contributed by atoms with Crippen LogP contribution in [0.4, 0.5) is 0 Å². The van der Waals surface area contributed by atoms with Gasteiger partial charge in [-0.3, -0.25) is 4.79 Å². The summed E-state index contributed by atoms with van der Waals surface area (Å²) in [5, 5.41) is 0.633. The summed E-state index contributed by atoms with van der Waals surface area (Å²) < 4.78 is 35.3. The molecule has 8 nitrogen and oxygen atoms in total. The van der Waals surface area contributed by atoms with E-state index in [1.54, 1.807) is 36.7 Å². The van der Waals surface area contributed by atoms with E-state index in [-0.39, 0.29) is 17.3 Å². The second-order valence-corrected chi connectivity index (χ2v) is 10.1. The number of aryl methyl sites for hydroxylation is 1. The molecule has 1 amide bonds. The lowest BCUT2D eigenvalue weighted by Crippen LogP contribution is -2.27. The number of hydrogen-bond donors (Lipinski definition) is 1. The minimum Gasteiger partial charge on any atom is -0.468 e. The molecule has 0 saturated carbocycles. The maximum Gasteiger partial charge on any atom is 0.265 e. The van der Waals surface area contributed by atoms with E-state index in [0.717, 1.165) is 25.9 Å². The molecule has 0 spiro atoms. The van der Waals surface area contributed by atoms with Crippen molar-refractivity contribution in [2.75, 3.05) is 13.1 Å². The van der Waals surface area contributed by atoms with Crippen LogP contribution in [0.2, 0.25) is 0 Å². The van der Waals surface area contributed by atoms with Crippen molar-refractivity contribution < 1.29 is 17.6 Å². The Morgan fingerprint density at radius 1 is 1.30 bits per heavy atom. The van der Waals surface area contributed by atoms with Crippen molar-refractivity contribution in [3.05, 3.63) is 46.5 Å². The first-order valence-electron chi connectivity index (χ1n) is 9.73. The average molecular weight is 449 g/mol. The van der Waals surface area contributed by atoms with Crippen LogP contribution in [0, 0.1) is 13.8 Å². The summed E-state index contributed by atoms with van der Waals surface area (Å²) in [4.78, 5) is 20.0. The number of rotatable bonds is 6. The van der Waals surface area contributed by atoms with Crippen LogP contribution in [0.25, 0.3) is 10.7 Å². The zero-order chi connectivity index (χ0) is 21.5. The Morgan fingerprint density at radius 2 is 2.03 bits per heavy atom. The molecule has 4 rings (SSSR count). The lowest BCUT2D eigenvalue weighted by Gasteiger charge is -2.13. The second-order valence-electron chi connectivity index (χ2n) is 7.38. The van der Waals surface area contributed by atoms with Crippen LogP contribution in [-0.4, -0.2) is 41.9 Å². The van der Waals surface area contributed by atoms with Crippen molar-refractivity contribution in [3.8, 4) is 10.7 Å². The number of nitrogens with one attached hydrogen (secondary N) is 1. The number of hydrogen-bond acceptors (Lipinski definition) is 6. The molecule has 10 heteroatoms. The maximum absolute atomic E-state index is 12.9. The largest absolute Gasteiger partial charge is 0.468 e. The zero-order valence-corrected chi connectivity index (χ0v) is 18.8. The SMILES string of the molecule is Cc1nc(-c2cc(S(=O)(=O)NCc3ccco3)c(C)n2C)sc1C(=O)N1CCCC1. The molecule has 0 bridgehead atoms. The molecular weight excluding hydrogens is 424 g/mol. The molecule has 1 aliphatic rings. The molecule has 1 saturated heterocycles. The highest BCUT2D eigenvalue weighted by Crippen LogP contribution is 2.33. The maximum atomic E-state index is 12.9. The highest BCUT2D eigenvalue weighted by molar-refractivity contribution is 7.89. The lowest BCUT2D eigenvalue weighted by atomic mass is 10.3. The van der Waals surface area contributed by atoms with Crippen LogP contribution < -0.4 is 4.72 Å². The highest BCUT2D eigenvalue weighted by atomic mass is 32.2. The molecule has 0 aliphatic carbocycles. The first kappa shape index (κ1) is 20.8. The number of carbonyl (C=O) groups is 1. The first-order valence-corrected chi connectivity index (χ1v) is 12.0. The molecule has 0 unspecified atom stereocenters. The fraction of sp³-hybridized carbons (Fsp3) is 0.400. The van der Waals surface area contributed by atoms with E-state index in [4.69, 9.17) is 4.42 Å². The zero-order valence-electron chi connectivity index (χ0n) is 17.1. The number of furan rings is 1. The fourth-order valence-electron chi connectivity index (χ4n) is 3.57. The Balaban J connectivity index is 1.63. The van der Waals surface area contributed by atoms with E-state index in [9.17, 15) is 13.2 Å². The van der Waals surface area contributed by atoms with Crippen molar-refractivity contribution in [1.82, 2.24) is 19.2 Å². The number of sulfonamides is 1. The monoisotopic (exact) mass is 448 g/mol. The fourth-order valence-corrected chi connectivity index (χ4v) is 5.94. The van der Waals surface area contributed by atoms with Crippen molar-refractivity contribution in [3.63, 3.8) is 0 Å². The Bertz CT molecular complexity index is 1170. The minimum atomic E-state index is -3.74. The standard InChI is InChI=1S/C20H24N4O4S2/c1-13-18(20(25)24-8-4-5-9-24)29-19(22-13)16-11-17(14(2)23(16)3)30(26,27)21-12-15-7-6-10-28-15/h6-7,10-11,21H,4-5,8-9,12H2,1-3H3. The molecule has 1 fully saturated rings. The van der Waals surface area contributed by atoms with Crippen LogP contribution in [0.1, 0.15) is 39.7 Å². The van der Waals surface area contributed by atoms with Crippen LogP contribution in [-0.2, 0) is 23.6 Å². The summed E-state index contributed by atoms with van der Waals surface area (Å²) in [7, 11) is -1.94. The van der Waals surface area contributed by atoms with Gasteiger partial charge in [-0.1, -0.05) is 0 Å². The van der Waals surface area contributed by atoms with Crippen LogP contribution >= 0.6 is 11.3 Å². The molecule has 3 aromatic rings. The smallest absolute Gasteiger partial charge is 0.265 e. The third kappa shape index (κ3) is 3.82. The lowest BCUT2D eigenvalue weighted by molar-refractivity contribution is 0.0796. The van der Waals surface area contributed by atoms with Gasteiger partial charge in [-0.15, -0.1) is 11.3 Å². The van der Waals surface area contributed by atoms with Gasteiger partial charge in [0, 0.05) is 25.8 Å². The minimum absolute atomic E-state index is 0.00707. The number of nitrogens with zero attached hydrogens (tertiary/aromatic N) is 3. The van der Waals surface area contributed by atoms with Gasteiger partial charge in [-0.2, -0.15) is 0 Å². The van der Waals surface area contributed by atoms with Gasteiger partial charge in [-0.05, 0) is 44.9 Å². The van der Waals surface area contributed by atoms with Gasteiger partial charge in [0.2, 0.25) is 10.0 Å². The highest BCUT2D eigenvalue weighted by Gasteiger charge is 2.27. The van der Waals surface area contributed by atoms with Crippen LogP contribution in [0.15, 0.2) is 33.8 Å². The summed E-state index contributed by atoms with van der Waals surface area (Å²) in [5.41, 5.74) is 1.93. The number of likely N-dealkylation sites (tertiary alicyclic amines) is 1. The molecule has 0 aromatic carbocycles. The van der Waals surface area contributed by atoms with E-state index in [1.165, 1.54) is 17.6 Å². The average Bonchev–Trinajstić information content (AvgIpc) is 3.49. The number of amides is 1. The van der Waals surface area contributed by atoms with Gasteiger partial charge < -0.3 is 13.9 Å². The second kappa shape index (κ2) is 8.01. The van der Waals surface area contributed by atoms with Crippen molar-refractivity contribution in [2.45, 2.75) is 38.1 Å². The van der Waals surface area contributed by atoms with Crippen LogP contribution in [0.3, 0.4) is 0 Å². The van der Waals surface area contributed by atoms with E-state index in [0.29, 0.717) is 32.7 Å². The summed E-state index contributed by atoms with van der Waals surface area (Å²) in [6.07, 6.45) is 3.56. The number of aromatic nitrogens is 2. The number of carbonyl (C=O) groups excluding carboxylic acids is 1. The molecule has 160 valence electrons. The van der Waals surface area contributed by atoms with E-state index < -0.39 is 10.0 Å². The molecule has 0 atom stereocenters. The van der Waals surface area contributed by atoms with Gasteiger partial charge in [0.15, 0.2) is 0 Å². The Morgan fingerprint density at radius 3 is 2.70 bits per heavy atom. The van der Waals surface area contributed by atoms with E-state index in [1.807, 2.05) is 11.8 Å². The molecular formula is C20H24N4O4S2. The van der Waals surface area contributed by atoms with Crippen molar-refractivity contribution in [2.24, 2.45) is 7.05 Å². The normalized spacial score (nSPS) is 14.6. The molecule has 0 radical (unpaired) electrons.